The lowest BCUT2D eigenvalue weighted by Gasteiger charge is -2.40. The minimum absolute atomic E-state index is 0.0205. The SMILES string of the molecule is Cc1cc(CC2(F)CCCN([C@@H](C)c3ccc4c(n3)OCCO4)C2)cc(C)n1. The highest BCUT2D eigenvalue weighted by atomic mass is 19.1. The van der Waals surface area contributed by atoms with Gasteiger partial charge in [-0.05, 0) is 70.0 Å². The maximum absolute atomic E-state index is 15.8. The summed E-state index contributed by atoms with van der Waals surface area (Å²) in [4.78, 5) is 11.2. The first-order chi connectivity index (χ1) is 13.4. The fourth-order valence-corrected chi connectivity index (χ4v) is 4.35. The van der Waals surface area contributed by atoms with Crippen molar-refractivity contribution in [1.29, 1.82) is 0 Å². The number of aromatic nitrogens is 2. The highest BCUT2D eigenvalue weighted by molar-refractivity contribution is 5.36. The number of nitrogens with zero attached hydrogens (tertiary/aromatic N) is 3. The molecule has 6 heteroatoms. The fraction of sp³-hybridized carbons (Fsp3) is 0.545. The topological polar surface area (TPSA) is 47.5 Å². The van der Waals surface area contributed by atoms with Crippen LogP contribution in [0.1, 0.15) is 48.5 Å². The van der Waals surface area contributed by atoms with E-state index in [0.717, 1.165) is 35.6 Å². The molecule has 28 heavy (non-hydrogen) atoms. The molecule has 0 spiro atoms. The molecule has 150 valence electrons. The molecule has 0 amide bonds. The van der Waals surface area contributed by atoms with Crippen LogP contribution in [0, 0.1) is 13.8 Å². The van der Waals surface area contributed by atoms with Gasteiger partial charge in [-0.3, -0.25) is 9.88 Å². The van der Waals surface area contributed by atoms with Gasteiger partial charge in [0.25, 0.3) is 5.88 Å². The second-order valence-corrected chi connectivity index (χ2v) is 8.07. The van der Waals surface area contributed by atoms with Crippen LogP contribution < -0.4 is 9.47 Å². The molecule has 2 aromatic heterocycles. The van der Waals surface area contributed by atoms with Crippen molar-refractivity contribution in [3.8, 4) is 11.6 Å². The first-order valence-electron chi connectivity index (χ1n) is 10.1. The summed E-state index contributed by atoms with van der Waals surface area (Å²) in [5, 5.41) is 0. The molecule has 2 atom stereocenters. The summed E-state index contributed by atoms with van der Waals surface area (Å²) in [6.45, 7) is 8.36. The van der Waals surface area contributed by atoms with E-state index in [9.17, 15) is 0 Å². The van der Waals surface area contributed by atoms with Gasteiger partial charge >= 0.3 is 0 Å². The van der Waals surface area contributed by atoms with Crippen molar-refractivity contribution in [2.45, 2.75) is 51.7 Å². The Balaban J connectivity index is 1.49. The molecule has 2 aliphatic heterocycles. The van der Waals surface area contributed by atoms with Crippen LogP contribution in [-0.4, -0.2) is 46.8 Å². The lowest BCUT2D eigenvalue weighted by atomic mass is 9.87. The number of pyridine rings is 2. The van der Waals surface area contributed by atoms with Crippen LogP contribution in [0.3, 0.4) is 0 Å². The zero-order valence-corrected chi connectivity index (χ0v) is 16.9. The normalized spacial score (nSPS) is 23.4. The Labute approximate surface area is 165 Å². The number of fused-ring (bicyclic) bond motifs is 1. The van der Waals surface area contributed by atoms with Crippen LogP contribution in [0.15, 0.2) is 24.3 Å². The number of alkyl halides is 1. The monoisotopic (exact) mass is 385 g/mol. The van der Waals surface area contributed by atoms with Gasteiger partial charge in [-0.1, -0.05) is 0 Å². The number of likely N-dealkylation sites (tertiary alicyclic amines) is 1. The second-order valence-electron chi connectivity index (χ2n) is 8.07. The van der Waals surface area contributed by atoms with E-state index in [1.54, 1.807) is 0 Å². The van der Waals surface area contributed by atoms with E-state index in [1.807, 2.05) is 38.1 Å². The van der Waals surface area contributed by atoms with Crippen LogP contribution in [0.25, 0.3) is 0 Å². The third kappa shape index (κ3) is 4.12. The third-order valence-electron chi connectivity index (χ3n) is 5.62. The summed E-state index contributed by atoms with van der Waals surface area (Å²) in [6.07, 6.45) is 1.86. The van der Waals surface area contributed by atoms with Gasteiger partial charge in [0.15, 0.2) is 5.75 Å². The van der Waals surface area contributed by atoms with Gasteiger partial charge in [0.2, 0.25) is 0 Å². The van der Waals surface area contributed by atoms with Gasteiger partial charge < -0.3 is 9.47 Å². The van der Waals surface area contributed by atoms with Crippen molar-refractivity contribution in [1.82, 2.24) is 14.9 Å². The van der Waals surface area contributed by atoms with Crippen molar-refractivity contribution >= 4 is 0 Å². The maximum atomic E-state index is 15.8. The smallest absolute Gasteiger partial charge is 0.257 e. The van der Waals surface area contributed by atoms with E-state index in [0.29, 0.717) is 44.2 Å². The molecule has 2 aliphatic rings. The van der Waals surface area contributed by atoms with Crippen molar-refractivity contribution < 1.29 is 13.9 Å². The Morgan fingerprint density at radius 2 is 1.89 bits per heavy atom. The summed E-state index contributed by atoms with van der Waals surface area (Å²) < 4.78 is 27.0. The fourth-order valence-electron chi connectivity index (χ4n) is 4.35. The van der Waals surface area contributed by atoms with Crippen molar-refractivity contribution in [2.75, 3.05) is 26.3 Å². The lowest BCUT2D eigenvalue weighted by Crippen LogP contribution is -2.47. The minimum atomic E-state index is -1.24. The number of piperidine rings is 1. The molecule has 1 saturated heterocycles. The zero-order chi connectivity index (χ0) is 19.7. The van der Waals surface area contributed by atoms with E-state index in [2.05, 4.69) is 21.8 Å². The number of halogens is 1. The van der Waals surface area contributed by atoms with Gasteiger partial charge in [0, 0.05) is 30.4 Å². The second kappa shape index (κ2) is 7.66. The lowest BCUT2D eigenvalue weighted by molar-refractivity contribution is 0.0246. The van der Waals surface area contributed by atoms with Gasteiger partial charge in [0.05, 0.1) is 5.69 Å². The molecule has 0 bridgehead atoms. The number of rotatable bonds is 4. The molecular formula is C22H28FN3O2. The molecular weight excluding hydrogens is 357 g/mol. The first kappa shape index (κ1) is 19.1. The molecule has 0 aliphatic carbocycles. The standard InChI is InChI=1S/C22H28FN3O2/c1-15-11-18(12-16(2)24-15)13-22(23)7-4-8-26(14-22)17(3)19-5-6-20-21(25-19)28-10-9-27-20/h5-6,11-12,17H,4,7-10,13-14H2,1-3H3/t17-,22?/m0/s1. The average molecular weight is 385 g/mol. The number of hydrogen-bond acceptors (Lipinski definition) is 5. The molecule has 1 fully saturated rings. The van der Waals surface area contributed by atoms with Crippen LogP contribution in [0.4, 0.5) is 4.39 Å². The summed E-state index contributed by atoms with van der Waals surface area (Å²) in [5.41, 5.74) is 2.57. The Hall–Kier alpha value is -2.21. The third-order valence-corrected chi connectivity index (χ3v) is 5.62. The number of ether oxygens (including phenoxy) is 2. The quantitative estimate of drug-likeness (QED) is 0.797. The number of aryl methyl sites for hydroxylation is 2. The van der Waals surface area contributed by atoms with E-state index in [-0.39, 0.29) is 6.04 Å². The maximum Gasteiger partial charge on any atom is 0.257 e. The van der Waals surface area contributed by atoms with Crippen LogP contribution in [-0.2, 0) is 6.42 Å². The molecule has 0 radical (unpaired) electrons. The minimum Gasteiger partial charge on any atom is -0.484 e. The van der Waals surface area contributed by atoms with Gasteiger partial charge in [0.1, 0.15) is 18.9 Å². The van der Waals surface area contributed by atoms with Crippen LogP contribution in [0.2, 0.25) is 0 Å². The highest BCUT2D eigenvalue weighted by Crippen LogP contribution is 2.35. The molecule has 4 heterocycles. The molecule has 5 nitrogen and oxygen atoms in total. The predicted octanol–water partition coefficient (Wildman–Crippen LogP) is 3.97. The molecule has 1 unspecified atom stereocenters. The summed E-state index contributed by atoms with van der Waals surface area (Å²) in [7, 11) is 0. The Morgan fingerprint density at radius 3 is 2.68 bits per heavy atom. The van der Waals surface area contributed by atoms with E-state index < -0.39 is 5.67 Å². The average Bonchev–Trinajstić information content (AvgIpc) is 2.66. The summed E-state index contributed by atoms with van der Waals surface area (Å²) >= 11 is 0. The first-order valence-corrected chi connectivity index (χ1v) is 10.1. The Bertz CT molecular complexity index is 839. The summed E-state index contributed by atoms with van der Waals surface area (Å²) in [6, 6.07) is 7.88. The van der Waals surface area contributed by atoms with E-state index in [4.69, 9.17) is 9.47 Å². The molecule has 0 aromatic carbocycles. The van der Waals surface area contributed by atoms with Gasteiger partial charge in [-0.2, -0.15) is 0 Å². The van der Waals surface area contributed by atoms with Crippen molar-refractivity contribution in [2.24, 2.45) is 0 Å². The Morgan fingerprint density at radius 1 is 1.14 bits per heavy atom. The van der Waals surface area contributed by atoms with E-state index >= 15 is 4.39 Å². The molecule has 4 rings (SSSR count). The summed E-state index contributed by atoms with van der Waals surface area (Å²) in [5.74, 6) is 1.23. The highest BCUT2D eigenvalue weighted by Gasteiger charge is 2.38. The Kier molecular flexibility index (Phi) is 5.23. The van der Waals surface area contributed by atoms with Crippen molar-refractivity contribution in [3.05, 3.63) is 46.9 Å². The van der Waals surface area contributed by atoms with Gasteiger partial charge in [-0.15, -0.1) is 0 Å². The zero-order valence-electron chi connectivity index (χ0n) is 16.9. The van der Waals surface area contributed by atoms with Gasteiger partial charge in [-0.25, -0.2) is 9.37 Å². The van der Waals surface area contributed by atoms with E-state index in [1.165, 1.54) is 0 Å². The van der Waals surface area contributed by atoms with Crippen LogP contribution in [0.5, 0.6) is 11.6 Å². The largest absolute Gasteiger partial charge is 0.484 e. The predicted molar refractivity (Wildman–Crippen MR) is 106 cm³/mol. The molecule has 0 saturated carbocycles. The van der Waals surface area contributed by atoms with Crippen LogP contribution >= 0.6 is 0 Å². The molecule has 2 aromatic rings. The van der Waals surface area contributed by atoms with Crippen molar-refractivity contribution in [3.63, 3.8) is 0 Å². The molecule has 0 N–H and O–H groups in total. The number of hydrogen-bond donors (Lipinski definition) is 0.